The van der Waals surface area contributed by atoms with Crippen molar-refractivity contribution in [3.63, 3.8) is 0 Å². The molecular formula is C16H19N3O3. The Morgan fingerprint density at radius 2 is 1.95 bits per heavy atom. The molecule has 0 bridgehead atoms. The van der Waals surface area contributed by atoms with E-state index in [2.05, 4.69) is 16.8 Å². The maximum atomic E-state index is 11.3. The van der Waals surface area contributed by atoms with Crippen LogP contribution in [0.3, 0.4) is 0 Å². The van der Waals surface area contributed by atoms with Gasteiger partial charge in [0.1, 0.15) is 11.4 Å². The zero-order valence-corrected chi connectivity index (χ0v) is 13.0. The number of aromatic hydroxyl groups is 1. The molecule has 0 spiro atoms. The number of carbonyl (C=O) groups is 1. The molecule has 0 saturated carbocycles. The van der Waals surface area contributed by atoms with Crippen molar-refractivity contribution >= 4 is 5.97 Å². The molecule has 0 aliphatic heterocycles. The van der Waals surface area contributed by atoms with E-state index in [0.29, 0.717) is 17.7 Å². The van der Waals surface area contributed by atoms with Crippen molar-refractivity contribution in [1.29, 1.82) is 0 Å². The highest BCUT2D eigenvalue weighted by Crippen LogP contribution is 2.22. The number of hydrogen-bond acceptors (Lipinski definition) is 5. The van der Waals surface area contributed by atoms with Gasteiger partial charge in [-0.05, 0) is 38.5 Å². The number of benzene rings is 1. The van der Waals surface area contributed by atoms with Crippen LogP contribution in [0.25, 0.3) is 5.69 Å². The minimum absolute atomic E-state index is 0.0951. The predicted octanol–water partition coefficient (Wildman–Crippen LogP) is 2.25. The normalized spacial score (nSPS) is 10.5. The Labute approximate surface area is 129 Å². The molecule has 6 heteroatoms. The van der Waals surface area contributed by atoms with Gasteiger partial charge in [-0.3, -0.25) is 0 Å². The Morgan fingerprint density at radius 1 is 1.32 bits per heavy atom. The average Bonchev–Trinajstić information content (AvgIpc) is 2.80. The SMILES string of the molecule is C=C(C)C(=O)OCCc1ccc(O)c(-n2nc(C)c(C)n2)c1. The van der Waals surface area contributed by atoms with Crippen LogP contribution in [0.5, 0.6) is 5.75 Å². The summed E-state index contributed by atoms with van der Waals surface area (Å²) in [6, 6.07) is 5.14. The zero-order valence-electron chi connectivity index (χ0n) is 13.0. The summed E-state index contributed by atoms with van der Waals surface area (Å²) < 4.78 is 5.07. The zero-order chi connectivity index (χ0) is 16.3. The number of esters is 1. The molecule has 1 heterocycles. The van der Waals surface area contributed by atoms with Crippen molar-refractivity contribution in [1.82, 2.24) is 15.0 Å². The van der Waals surface area contributed by atoms with E-state index in [1.807, 2.05) is 13.8 Å². The quantitative estimate of drug-likeness (QED) is 0.677. The van der Waals surface area contributed by atoms with E-state index in [1.54, 1.807) is 25.1 Å². The second kappa shape index (κ2) is 6.43. The van der Waals surface area contributed by atoms with Crippen LogP contribution in [0.1, 0.15) is 23.9 Å². The maximum Gasteiger partial charge on any atom is 0.333 e. The topological polar surface area (TPSA) is 77.2 Å². The van der Waals surface area contributed by atoms with Gasteiger partial charge >= 0.3 is 5.97 Å². The van der Waals surface area contributed by atoms with Gasteiger partial charge in [0.15, 0.2) is 0 Å². The molecule has 6 nitrogen and oxygen atoms in total. The summed E-state index contributed by atoms with van der Waals surface area (Å²) in [6.07, 6.45) is 0.533. The highest BCUT2D eigenvalue weighted by atomic mass is 16.5. The summed E-state index contributed by atoms with van der Waals surface area (Å²) in [5, 5.41) is 18.5. The van der Waals surface area contributed by atoms with Crippen LogP contribution < -0.4 is 0 Å². The molecule has 0 atom stereocenters. The highest BCUT2D eigenvalue weighted by molar-refractivity contribution is 5.86. The third kappa shape index (κ3) is 3.52. The molecule has 2 aromatic rings. The second-order valence-electron chi connectivity index (χ2n) is 5.15. The summed E-state index contributed by atoms with van der Waals surface area (Å²) in [6.45, 7) is 9.10. The van der Waals surface area contributed by atoms with Crippen LogP contribution in [0.4, 0.5) is 0 Å². The predicted molar refractivity (Wildman–Crippen MR) is 82.0 cm³/mol. The summed E-state index contributed by atoms with van der Waals surface area (Å²) in [5.74, 6) is -0.309. The lowest BCUT2D eigenvalue weighted by molar-refractivity contribution is -0.138. The fourth-order valence-electron chi connectivity index (χ4n) is 1.83. The smallest absolute Gasteiger partial charge is 0.333 e. The molecule has 1 aromatic heterocycles. The summed E-state index contributed by atoms with van der Waals surface area (Å²) >= 11 is 0. The fourth-order valence-corrected chi connectivity index (χ4v) is 1.83. The lowest BCUT2D eigenvalue weighted by Crippen LogP contribution is -2.08. The van der Waals surface area contributed by atoms with Crippen LogP contribution in [-0.4, -0.2) is 32.7 Å². The summed E-state index contributed by atoms with van der Waals surface area (Å²) in [4.78, 5) is 12.7. The monoisotopic (exact) mass is 301 g/mol. The van der Waals surface area contributed by atoms with E-state index >= 15 is 0 Å². The molecule has 0 aliphatic rings. The summed E-state index contributed by atoms with van der Waals surface area (Å²) in [5.41, 5.74) is 3.40. The average molecular weight is 301 g/mol. The van der Waals surface area contributed by atoms with E-state index in [-0.39, 0.29) is 12.4 Å². The Morgan fingerprint density at radius 3 is 2.55 bits per heavy atom. The number of hydrogen-bond donors (Lipinski definition) is 1. The van der Waals surface area contributed by atoms with Crippen LogP contribution in [0.2, 0.25) is 0 Å². The Balaban J connectivity index is 2.13. The Kier molecular flexibility index (Phi) is 4.60. The molecule has 0 fully saturated rings. The fraction of sp³-hybridized carbons (Fsp3) is 0.312. The van der Waals surface area contributed by atoms with Gasteiger partial charge in [0, 0.05) is 12.0 Å². The van der Waals surface area contributed by atoms with E-state index < -0.39 is 5.97 Å². The number of phenols is 1. The van der Waals surface area contributed by atoms with E-state index in [0.717, 1.165) is 17.0 Å². The van der Waals surface area contributed by atoms with Crippen molar-refractivity contribution < 1.29 is 14.6 Å². The van der Waals surface area contributed by atoms with E-state index in [4.69, 9.17) is 4.74 Å². The van der Waals surface area contributed by atoms with Gasteiger partial charge in [-0.2, -0.15) is 10.2 Å². The number of aryl methyl sites for hydroxylation is 2. The van der Waals surface area contributed by atoms with Crippen molar-refractivity contribution in [2.24, 2.45) is 0 Å². The van der Waals surface area contributed by atoms with Crippen molar-refractivity contribution in [3.8, 4) is 11.4 Å². The molecule has 116 valence electrons. The molecule has 22 heavy (non-hydrogen) atoms. The first-order valence-corrected chi connectivity index (χ1v) is 6.94. The molecule has 1 N–H and O–H groups in total. The number of aromatic nitrogens is 3. The lowest BCUT2D eigenvalue weighted by atomic mass is 10.1. The molecule has 0 aliphatic carbocycles. The molecule has 0 radical (unpaired) electrons. The third-order valence-corrected chi connectivity index (χ3v) is 3.24. The number of ether oxygens (including phenoxy) is 1. The molecule has 0 unspecified atom stereocenters. The standard InChI is InChI=1S/C16H19N3O3/c1-10(2)16(21)22-8-7-13-5-6-15(20)14(9-13)19-17-11(3)12(4)18-19/h5-6,9,20H,1,7-8H2,2-4H3. The minimum atomic E-state index is -0.404. The van der Waals surface area contributed by atoms with Gasteiger partial charge in [-0.1, -0.05) is 12.6 Å². The highest BCUT2D eigenvalue weighted by Gasteiger charge is 2.10. The van der Waals surface area contributed by atoms with E-state index in [9.17, 15) is 9.90 Å². The molecule has 0 saturated heterocycles. The Hall–Kier alpha value is -2.63. The van der Waals surface area contributed by atoms with Gasteiger partial charge in [0.2, 0.25) is 0 Å². The first-order valence-electron chi connectivity index (χ1n) is 6.94. The first-order chi connectivity index (χ1) is 10.4. The van der Waals surface area contributed by atoms with Crippen LogP contribution in [0.15, 0.2) is 30.4 Å². The Bertz CT molecular complexity index is 700. The van der Waals surface area contributed by atoms with Gasteiger partial charge in [0.25, 0.3) is 0 Å². The van der Waals surface area contributed by atoms with Gasteiger partial charge in [-0.25, -0.2) is 4.79 Å². The number of rotatable bonds is 5. The van der Waals surface area contributed by atoms with Crippen molar-refractivity contribution in [2.75, 3.05) is 6.61 Å². The van der Waals surface area contributed by atoms with Crippen molar-refractivity contribution in [3.05, 3.63) is 47.3 Å². The first kappa shape index (κ1) is 15.8. The minimum Gasteiger partial charge on any atom is -0.506 e. The van der Waals surface area contributed by atoms with Gasteiger partial charge in [-0.15, -0.1) is 4.80 Å². The largest absolute Gasteiger partial charge is 0.506 e. The third-order valence-electron chi connectivity index (χ3n) is 3.24. The van der Waals surface area contributed by atoms with Crippen molar-refractivity contribution in [2.45, 2.75) is 27.2 Å². The summed E-state index contributed by atoms with van der Waals surface area (Å²) in [7, 11) is 0. The molecular weight excluding hydrogens is 282 g/mol. The molecule has 2 rings (SSSR count). The van der Waals surface area contributed by atoms with Gasteiger partial charge < -0.3 is 9.84 Å². The van der Waals surface area contributed by atoms with Crippen LogP contribution in [-0.2, 0) is 16.0 Å². The number of nitrogens with zero attached hydrogens (tertiary/aromatic N) is 3. The molecule has 1 aromatic carbocycles. The number of phenolic OH excluding ortho intramolecular Hbond substituents is 1. The number of carbonyl (C=O) groups excluding carboxylic acids is 1. The van der Waals surface area contributed by atoms with E-state index in [1.165, 1.54) is 4.80 Å². The van der Waals surface area contributed by atoms with Crippen LogP contribution in [0, 0.1) is 13.8 Å². The lowest BCUT2D eigenvalue weighted by Gasteiger charge is -2.08. The molecule has 0 amide bonds. The van der Waals surface area contributed by atoms with Gasteiger partial charge in [0.05, 0.1) is 18.0 Å². The van der Waals surface area contributed by atoms with Crippen LogP contribution >= 0.6 is 0 Å². The maximum absolute atomic E-state index is 11.3. The second-order valence-corrected chi connectivity index (χ2v) is 5.15.